The number of hydrogen-bond acceptors (Lipinski definition) is 2. The van der Waals surface area contributed by atoms with Crippen molar-refractivity contribution >= 4 is 5.97 Å². The van der Waals surface area contributed by atoms with Gasteiger partial charge in [-0.1, -0.05) is 12.1 Å². The van der Waals surface area contributed by atoms with Gasteiger partial charge in [0.15, 0.2) is 0 Å². The Hall–Kier alpha value is -1.42. The molecule has 0 saturated carbocycles. The Morgan fingerprint density at radius 2 is 1.94 bits per heavy atom. The van der Waals surface area contributed by atoms with E-state index in [0.29, 0.717) is 12.6 Å². The first-order chi connectivity index (χ1) is 8.49. The number of rotatable bonds is 3. The van der Waals surface area contributed by atoms with Gasteiger partial charge < -0.3 is 5.11 Å². The Kier molecular flexibility index (Phi) is 3.66. The van der Waals surface area contributed by atoms with Crippen molar-refractivity contribution in [3.63, 3.8) is 0 Å². The smallest absolute Gasteiger partial charge is 0.308 e. The number of nitrogens with zero attached hydrogens (tertiary/aromatic N) is 1. The molecule has 1 aliphatic heterocycles. The summed E-state index contributed by atoms with van der Waals surface area (Å²) < 4.78 is 12.9. The fourth-order valence-corrected chi connectivity index (χ4v) is 2.55. The average molecular weight is 251 g/mol. The lowest BCUT2D eigenvalue weighted by atomic mass is 9.89. The SMILES string of the molecule is CC(C)N1CC(C(=O)O)C(c2ccc(F)cc2)C1. The van der Waals surface area contributed by atoms with Gasteiger partial charge in [-0.3, -0.25) is 9.69 Å². The van der Waals surface area contributed by atoms with Crippen LogP contribution in [0, 0.1) is 11.7 Å². The maximum absolute atomic E-state index is 12.9. The van der Waals surface area contributed by atoms with Crippen LogP contribution in [0.3, 0.4) is 0 Å². The van der Waals surface area contributed by atoms with E-state index in [9.17, 15) is 14.3 Å². The van der Waals surface area contributed by atoms with E-state index in [4.69, 9.17) is 0 Å². The van der Waals surface area contributed by atoms with Crippen LogP contribution in [0.5, 0.6) is 0 Å². The van der Waals surface area contributed by atoms with Gasteiger partial charge >= 0.3 is 5.97 Å². The zero-order chi connectivity index (χ0) is 13.3. The molecule has 4 heteroatoms. The first kappa shape index (κ1) is 13.0. The van der Waals surface area contributed by atoms with Crippen molar-refractivity contribution in [2.24, 2.45) is 5.92 Å². The lowest BCUT2D eigenvalue weighted by Gasteiger charge is -2.20. The van der Waals surface area contributed by atoms with E-state index in [1.807, 2.05) is 0 Å². The van der Waals surface area contributed by atoms with E-state index < -0.39 is 11.9 Å². The Bertz CT molecular complexity index is 430. The molecule has 2 atom stereocenters. The Balaban J connectivity index is 2.24. The number of likely N-dealkylation sites (tertiary alicyclic amines) is 1. The molecule has 1 aromatic carbocycles. The van der Waals surface area contributed by atoms with E-state index in [1.54, 1.807) is 12.1 Å². The molecular formula is C14H18FNO2. The van der Waals surface area contributed by atoms with E-state index in [-0.39, 0.29) is 11.7 Å². The number of carboxylic acids is 1. The van der Waals surface area contributed by atoms with E-state index in [1.165, 1.54) is 12.1 Å². The molecule has 0 aliphatic carbocycles. The highest BCUT2D eigenvalue weighted by atomic mass is 19.1. The first-order valence-electron chi connectivity index (χ1n) is 6.21. The van der Waals surface area contributed by atoms with E-state index >= 15 is 0 Å². The maximum Gasteiger partial charge on any atom is 0.308 e. The molecule has 1 aliphatic rings. The highest BCUT2D eigenvalue weighted by Gasteiger charge is 2.39. The van der Waals surface area contributed by atoms with Crippen molar-refractivity contribution in [2.75, 3.05) is 13.1 Å². The Morgan fingerprint density at radius 1 is 1.33 bits per heavy atom. The minimum Gasteiger partial charge on any atom is -0.481 e. The predicted molar refractivity (Wildman–Crippen MR) is 67.0 cm³/mol. The Morgan fingerprint density at radius 3 is 2.44 bits per heavy atom. The summed E-state index contributed by atoms with van der Waals surface area (Å²) in [5.74, 6) is -1.51. The van der Waals surface area contributed by atoms with Crippen molar-refractivity contribution in [3.05, 3.63) is 35.6 Å². The molecule has 2 rings (SSSR count). The van der Waals surface area contributed by atoms with Gasteiger partial charge in [0, 0.05) is 25.0 Å². The molecule has 0 spiro atoms. The third-order valence-corrected chi connectivity index (χ3v) is 3.69. The van der Waals surface area contributed by atoms with Gasteiger partial charge in [0.1, 0.15) is 5.82 Å². The van der Waals surface area contributed by atoms with E-state index in [2.05, 4.69) is 18.7 Å². The molecule has 2 unspecified atom stereocenters. The predicted octanol–water partition coefficient (Wildman–Crippen LogP) is 2.33. The second-order valence-corrected chi connectivity index (χ2v) is 5.15. The Labute approximate surface area is 106 Å². The standard InChI is InChI=1S/C14H18FNO2/c1-9(2)16-7-12(13(8-16)14(17)18)10-3-5-11(15)6-4-10/h3-6,9,12-13H,7-8H2,1-2H3,(H,17,18). The van der Waals surface area contributed by atoms with Crippen LogP contribution in [0.25, 0.3) is 0 Å². The van der Waals surface area contributed by atoms with Gasteiger partial charge in [-0.2, -0.15) is 0 Å². The van der Waals surface area contributed by atoms with Crippen LogP contribution >= 0.6 is 0 Å². The summed E-state index contributed by atoms with van der Waals surface area (Å²) in [6.07, 6.45) is 0. The van der Waals surface area contributed by atoms with Crippen LogP contribution in [0.15, 0.2) is 24.3 Å². The minimum absolute atomic E-state index is 0.0505. The third kappa shape index (κ3) is 2.53. The largest absolute Gasteiger partial charge is 0.481 e. The van der Waals surface area contributed by atoms with Crippen molar-refractivity contribution in [3.8, 4) is 0 Å². The zero-order valence-electron chi connectivity index (χ0n) is 10.6. The molecule has 18 heavy (non-hydrogen) atoms. The fraction of sp³-hybridized carbons (Fsp3) is 0.500. The van der Waals surface area contributed by atoms with Crippen molar-refractivity contribution in [1.82, 2.24) is 4.90 Å². The van der Waals surface area contributed by atoms with Gasteiger partial charge in [0.05, 0.1) is 5.92 Å². The average Bonchev–Trinajstić information content (AvgIpc) is 2.75. The number of aliphatic carboxylic acids is 1. The number of hydrogen-bond donors (Lipinski definition) is 1. The molecule has 1 heterocycles. The quantitative estimate of drug-likeness (QED) is 0.896. The summed E-state index contributed by atoms with van der Waals surface area (Å²) in [4.78, 5) is 13.5. The molecule has 1 saturated heterocycles. The summed E-state index contributed by atoms with van der Waals surface area (Å²) in [6, 6.07) is 6.51. The lowest BCUT2D eigenvalue weighted by Crippen LogP contribution is -2.29. The molecule has 1 fully saturated rings. The fourth-order valence-electron chi connectivity index (χ4n) is 2.55. The van der Waals surface area contributed by atoms with Gasteiger partial charge in [0.25, 0.3) is 0 Å². The number of benzene rings is 1. The van der Waals surface area contributed by atoms with Crippen molar-refractivity contribution in [2.45, 2.75) is 25.8 Å². The van der Waals surface area contributed by atoms with Crippen LogP contribution < -0.4 is 0 Å². The number of carboxylic acid groups (broad SMARTS) is 1. The molecule has 0 radical (unpaired) electrons. The van der Waals surface area contributed by atoms with Crippen LogP contribution in [0.4, 0.5) is 4.39 Å². The number of carbonyl (C=O) groups is 1. The molecule has 3 nitrogen and oxygen atoms in total. The van der Waals surface area contributed by atoms with Crippen molar-refractivity contribution < 1.29 is 14.3 Å². The van der Waals surface area contributed by atoms with Gasteiger partial charge in [-0.15, -0.1) is 0 Å². The van der Waals surface area contributed by atoms with Crippen LogP contribution in [0.1, 0.15) is 25.3 Å². The first-order valence-corrected chi connectivity index (χ1v) is 6.21. The normalized spacial score (nSPS) is 24.7. The van der Waals surface area contributed by atoms with Crippen LogP contribution in [-0.4, -0.2) is 35.1 Å². The van der Waals surface area contributed by atoms with Crippen LogP contribution in [0.2, 0.25) is 0 Å². The number of halogens is 1. The molecule has 98 valence electrons. The van der Waals surface area contributed by atoms with Crippen LogP contribution in [-0.2, 0) is 4.79 Å². The second kappa shape index (κ2) is 5.06. The third-order valence-electron chi connectivity index (χ3n) is 3.69. The monoisotopic (exact) mass is 251 g/mol. The minimum atomic E-state index is -0.771. The molecular weight excluding hydrogens is 233 g/mol. The van der Waals surface area contributed by atoms with Crippen molar-refractivity contribution in [1.29, 1.82) is 0 Å². The molecule has 1 N–H and O–H groups in total. The summed E-state index contributed by atoms with van der Waals surface area (Å²) in [5.41, 5.74) is 0.909. The topological polar surface area (TPSA) is 40.5 Å². The van der Waals surface area contributed by atoms with Gasteiger partial charge in [-0.25, -0.2) is 4.39 Å². The molecule has 0 aromatic heterocycles. The summed E-state index contributed by atoms with van der Waals surface area (Å²) >= 11 is 0. The van der Waals surface area contributed by atoms with E-state index in [0.717, 1.165) is 12.1 Å². The highest BCUT2D eigenvalue weighted by molar-refractivity contribution is 5.72. The lowest BCUT2D eigenvalue weighted by molar-refractivity contribution is -0.141. The molecule has 0 amide bonds. The summed E-state index contributed by atoms with van der Waals surface area (Å²) in [6.45, 7) is 5.41. The van der Waals surface area contributed by atoms with Gasteiger partial charge in [-0.05, 0) is 31.5 Å². The van der Waals surface area contributed by atoms with Gasteiger partial charge in [0.2, 0.25) is 0 Å². The maximum atomic E-state index is 12.9. The molecule has 0 bridgehead atoms. The molecule has 1 aromatic rings. The summed E-state index contributed by atoms with van der Waals surface area (Å²) in [7, 11) is 0. The summed E-state index contributed by atoms with van der Waals surface area (Å²) in [5, 5.41) is 9.30. The second-order valence-electron chi connectivity index (χ2n) is 5.15. The highest BCUT2D eigenvalue weighted by Crippen LogP contribution is 2.33. The zero-order valence-corrected chi connectivity index (χ0v) is 10.6.